The summed E-state index contributed by atoms with van der Waals surface area (Å²) in [5.74, 6) is 0.863. The first-order valence-electron chi connectivity index (χ1n) is 9.20. The molecule has 0 N–H and O–H groups in total. The SMILES string of the molecule is COc1ccc2nc(-c3cccc(C(C)(C)C)c3)c(C(C)(C)C)cc2c1. The van der Waals surface area contributed by atoms with Crippen molar-refractivity contribution >= 4 is 10.9 Å². The van der Waals surface area contributed by atoms with Crippen molar-refractivity contribution in [1.82, 2.24) is 4.98 Å². The first kappa shape index (κ1) is 18.4. The number of ether oxygens (including phenoxy) is 1. The zero-order chi connectivity index (χ0) is 19.1. The lowest BCUT2D eigenvalue weighted by atomic mass is 9.81. The van der Waals surface area contributed by atoms with Gasteiger partial charge in [-0.15, -0.1) is 0 Å². The second-order valence-electron chi connectivity index (χ2n) is 9.02. The predicted molar refractivity (Wildman–Crippen MR) is 111 cm³/mol. The fourth-order valence-corrected chi connectivity index (χ4v) is 3.21. The first-order chi connectivity index (χ1) is 12.1. The van der Waals surface area contributed by atoms with Crippen LogP contribution in [0.2, 0.25) is 0 Å². The molecule has 0 spiro atoms. The van der Waals surface area contributed by atoms with Crippen LogP contribution in [0.15, 0.2) is 48.5 Å². The Morgan fingerprint density at radius 2 is 1.54 bits per heavy atom. The maximum Gasteiger partial charge on any atom is 0.119 e. The normalized spacial score (nSPS) is 12.4. The molecule has 1 heterocycles. The van der Waals surface area contributed by atoms with Crippen molar-refractivity contribution in [3.8, 4) is 17.0 Å². The molecule has 0 radical (unpaired) electrons. The van der Waals surface area contributed by atoms with Gasteiger partial charge >= 0.3 is 0 Å². The number of benzene rings is 2. The van der Waals surface area contributed by atoms with Crippen molar-refractivity contribution in [1.29, 1.82) is 0 Å². The lowest BCUT2D eigenvalue weighted by Crippen LogP contribution is -2.15. The molecule has 2 nitrogen and oxygen atoms in total. The van der Waals surface area contributed by atoms with Gasteiger partial charge in [-0.1, -0.05) is 59.7 Å². The Bertz CT molecular complexity index is 943. The third kappa shape index (κ3) is 3.60. The third-order valence-electron chi connectivity index (χ3n) is 4.83. The standard InChI is InChI=1S/C24H29NO/c1-23(2,3)18-10-8-9-16(13-18)22-20(24(4,5)6)15-17-14-19(26-7)11-12-21(17)25-22/h8-15H,1-7H3. The molecule has 2 aromatic carbocycles. The van der Waals surface area contributed by atoms with Crippen LogP contribution in [0.4, 0.5) is 0 Å². The summed E-state index contributed by atoms with van der Waals surface area (Å²) in [6.45, 7) is 13.5. The van der Waals surface area contributed by atoms with Crippen LogP contribution in [0, 0.1) is 0 Å². The minimum atomic E-state index is -0.00264. The number of methoxy groups -OCH3 is 1. The van der Waals surface area contributed by atoms with E-state index in [1.165, 1.54) is 16.7 Å². The number of hydrogen-bond donors (Lipinski definition) is 0. The van der Waals surface area contributed by atoms with E-state index in [0.29, 0.717) is 0 Å². The van der Waals surface area contributed by atoms with Crippen LogP contribution in [0.25, 0.3) is 22.2 Å². The first-order valence-corrected chi connectivity index (χ1v) is 9.20. The number of pyridine rings is 1. The molecule has 1 aromatic heterocycles. The summed E-state index contributed by atoms with van der Waals surface area (Å²) >= 11 is 0. The molecule has 0 atom stereocenters. The number of hydrogen-bond acceptors (Lipinski definition) is 2. The van der Waals surface area contributed by atoms with Gasteiger partial charge in [-0.2, -0.15) is 0 Å². The summed E-state index contributed by atoms with van der Waals surface area (Å²) in [5, 5.41) is 1.12. The Kier molecular flexibility index (Phi) is 4.56. The van der Waals surface area contributed by atoms with Crippen LogP contribution >= 0.6 is 0 Å². The van der Waals surface area contributed by atoms with Crippen molar-refractivity contribution in [2.45, 2.75) is 52.4 Å². The number of fused-ring (bicyclic) bond motifs is 1. The van der Waals surface area contributed by atoms with Gasteiger partial charge in [0, 0.05) is 10.9 Å². The van der Waals surface area contributed by atoms with Gasteiger partial charge in [0.05, 0.1) is 18.3 Å². The molecule has 26 heavy (non-hydrogen) atoms. The molecular weight excluding hydrogens is 318 g/mol. The molecule has 3 rings (SSSR count). The van der Waals surface area contributed by atoms with Crippen molar-refractivity contribution in [2.24, 2.45) is 0 Å². The Morgan fingerprint density at radius 3 is 2.15 bits per heavy atom. The van der Waals surface area contributed by atoms with E-state index >= 15 is 0 Å². The van der Waals surface area contributed by atoms with Gasteiger partial charge in [-0.25, -0.2) is 4.98 Å². The monoisotopic (exact) mass is 347 g/mol. The molecule has 0 amide bonds. The molecule has 0 aliphatic rings. The van der Waals surface area contributed by atoms with Gasteiger partial charge in [0.2, 0.25) is 0 Å². The Hall–Kier alpha value is -2.35. The minimum absolute atomic E-state index is 0.00264. The molecule has 2 heteroatoms. The highest BCUT2D eigenvalue weighted by Gasteiger charge is 2.22. The molecule has 0 unspecified atom stereocenters. The highest BCUT2D eigenvalue weighted by atomic mass is 16.5. The van der Waals surface area contributed by atoms with E-state index in [-0.39, 0.29) is 10.8 Å². The minimum Gasteiger partial charge on any atom is -0.497 e. The largest absolute Gasteiger partial charge is 0.497 e. The van der Waals surface area contributed by atoms with E-state index < -0.39 is 0 Å². The predicted octanol–water partition coefficient (Wildman–Crippen LogP) is 6.51. The van der Waals surface area contributed by atoms with E-state index in [0.717, 1.165) is 22.3 Å². The van der Waals surface area contributed by atoms with E-state index in [4.69, 9.17) is 9.72 Å². The molecule has 0 aliphatic heterocycles. The van der Waals surface area contributed by atoms with Crippen molar-refractivity contribution in [3.63, 3.8) is 0 Å². The van der Waals surface area contributed by atoms with Crippen LogP contribution in [0.1, 0.15) is 52.7 Å². The highest BCUT2D eigenvalue weighted by Crippen LogP contribution is 2.36. The van der Waals surface area contributed by atoms with E-state index in [2.05, 4.69) is 77.9 Å². The zero-order valence-electron chi connectivity index (χ0n) is 17.0. The molecule has 136 valence electrons. The lowest BCUT2D eigenvalue weighted by Gasteiger charge is -2.25. The quantitative estimate of drug-likeness (QED) is 0.527. The molecule has 0 aliphatic carbocycles. The number of nitrogens with zero attached hydrogens (tertiary/aromatic N) is 1. The number of aromatic nitrogens is 1. The van der Waals surface area contributed by atoms with Gasteiger partial charge in [0.15, 0.2) is 0 Å². The molecule has 0 fully saturated rings. The van der Waals surface area contributed by atoms with Crippen LogP contribution in [0.3, 0.4) is 0 Å². The maximum absolute atomic E-state index is 5.39. The second-order valence-corrected chi connectivity index (χ2v) is 9.02. The topological polar surface area (TPSA) is 22.1 Å². The Morgan fingerprint density at radius 1 is 0.808 bits per heavy atom. The molecular formula is C24H29NO. The average Bonchev–Trinajstić information content (AvgIpc) is 2.58. The zero-order valence-corrected chi connectivity index (χ0v) is 17.0. The summed E-state index contributed by atoms with van der Waals surface area (Å²) in [6, 6.07) is 17.1. The van der Waals surface area contributed by atoms with Gasteiger partial charge in [0.25, 0.3) is 0 Å². The van der Waals surface area contributed by atoms with E-state index in [9.17, 15) is 0 Å². The summed E-state index contributed by atoms with van der Waals surface area (Å²) in [5.41, 5.74) is 5.94. The molecule has 0 saturated carbocycles. The van der Waals surface area contributed by atoms with Crippen LogP contribution in [-0.4, -0.2) is 12.1 Å². The van der Waals surface area contributed by atoms with Crippen molar-refractivity contribution in [2.75, 3.05) is 7.11 Å². The molecule has 0 saturated heterocycles. The van der Waals surface area contributed by atoms with Crippen molar-refractivity contribution < 1.29 is 4.74 Å². The van der Waals surface area contributed by atoms with Gasteiger partial charge in [-0.05, 0) is 52.3 Å². The third-order valence-corrected chi connectivity index (χ3v) is 4.83. The van der Waals surface area contributed by atoms with E-state index in [1.807, 2.05) is 12.1 Å². The second kappa shape index (κ2) is 6.42. The smallest absolute Gasteiger partial charge is 0.119 e. The number of rotatable bonds is 2. The molecule has 0 bridgehead atoms. The van der Waals surface area contributed by atoms with Gasteiger partial charge < -0.3 is 4.74 Å². The lowest BCUT2D eigenvalue weighted by molar-refractivity contribution is 0.415. The Balaban J connectivity index is 2.28. The summed E-state index contributed by atoms with van der Waals surface area (Å²) in [4.78, 5) is 5.05. The van der Waals surface area contributed by atoms with Crippen molar-refractivity contribution in [3.05, 3.63) is 59.7 Å². The fourth-order valence-electron chi connectivity index (χ4n) is 3.21. The summed E-state index contributed by atoms with van der Waals surface area (Å²) in [7, 11) is 1.70. The Labute approximate surface area is 157 Å². The summed E-state index contributed by atoms with van der Waals surface area (Å²) < 4.78 is 5.39. The fraction of sp³-hybridized carbons (Fsp3) is 0.375. The maximum atomic E-state index is 5.39. The highest BCUT2D eigenvalue weighted by molar-refractivity contribution is 5.85. The van der Waals surface area contributed by atoms with Gasteiger partial charge in [0.1, 0.15) is 5.75 Å². The van der Waals surface area contributed by atoms with Gasteiger partial charge in [-0.3, -0.25) is 0 Å². The van der Waals surface area contributed by atoms with Crippen LogP contribution in [-0.2, 0) is 10.8 Å². The average molecular weight is 348 g/mol. The van der Waals surface area contributed by atoms with E-state index in [1.54, 1.807) is 7.11 Å². The van der Waals surface area contributed by atoms with Crippen LogP contribution < -0.4 is 4.74 Å². The molecule has 3 aromatic rings. The van der Waals surface area contributed by atoms with Crippen LogP contribution in [0.5, 0.6) is 5.75 Å². The summed E-state index contributed by atoms with van der Waals surface area (Å²) in [6.07, 6.45) is 0.